The van der Waals surface area contributed by atoms with Gasteiger partial charge in [-0.05, 0) is 48.5 Å². The molecule has 2 N–H and O–H groups in total. The van der Waals surface area contributed by atoms with Crippen molar-refractivity contribution in [2.45, 2.75) is 0 Å². The summed E-state index contributed by atoms with van der Waals surface area (Å²) in [5.74, 6) is -0.911. The molecule has 130 valence electrons. The summed E-state index contributed by atoms with van der Waals surface area (Å²) in [4.78, 5) is 26.4. The summed E-state index contributed by atoms with van der Waals surface area (Å²) in [6.45, 7) is -0.368. The van der Waals surface area contributed by atoms with Crippen molar-refractivity contribution < 1.29 is 14.3 Å². The second kappa shape index (κ2) is 7.98. The number of carbonyl (C=O) groups excluding carboxylic acids is 2. The highest BCUT2D eigenvalue weighted by Gasteiger charge is 2.19. The molecule has 0 saturated heterocycles. The van der Waals surface area contributed by atoms with Gasteiger partial charge in [-0.2, -0.15) is 0 Å². The van der Waals surface area contributed by atoms with E-state index in [9.17, 15) is 9.59 Å². The number of hydrogen-bond acceptors (Lipinski definition) is 4. The van der Waals surface area contributed by atoms with E-state index in [2.05, 4.69) is 0 Å². The second-order valence-electron chi connectivity index (χ2n) is 5.60. The third kappa shape index (κ3) is 4.08. The van der Waals surface area contributed by atoms with Gasteiger partial charge in [0.1, 0.15) is 0 Å². The Hall–Kier alpha value is -3.60. The number of nitrogens with zero attached hydrogens (tertiary/aromatic N) is 1. The van der Waals surface area contributed by atoms with E-state index < -0.39 is 5.97 Å². The zero-order chi connectivity index (χ0) is 18.4. The quantitative estimate of drug-likeness (QED) is 0.563. The molecule has 5 heteroatoms. The van der Waals surface area contributed by atoms with Crippen LogP contribution in [0.4, 0.5) is 17.1 Å². The number of anilines is 3. The molecule has 0 radical (unpaired) electrons. The van der Waals surface area contributed by atoms with E-state index in [4.69, 9.17) is 10.5 Å². The van der Waals surface area contributed by atoms with E-state index in [1.54, 1.807) is 24.3 Å². The number of benzene rings is 3. The summed E-state index contributed by atoms with van der Waals surface area (Å²) < 4.78 is 5.18. The molecule has 0 aliphatic heterocycles. The van der Waals surface area contributed by atoms with Crippen molar-refractivity contribution in [2.75, 3.05) is 17.2 Å². The average Bonchev–Trinajstić information content (AvgIpc) is 2.68. The van der Waals surface area contributed by atoms with Gasteiger partial charge in [0.25, 0.3) is 5.91 Å². The van der Waals surface area contributed by atoms with Crippen molar-refractivity contribution in [3.05, 3.63) is 90.5 Å². The zero-order valence-corrected chi connectivity index (χ0v) is 14.0. The maximum absolute atomic E-state index is 12.8. The molecule has 0 unspecified atom stereocenters. The lowest BCUT2D eigenvalue weighted by molar-refractivity contribution is -0.120. The van der Waals surface area contributed by atoms with E-state index in [1.807, 2.05) is 60.7 Å². The molecule has 0 aliphatic rings. The van der Waals surface area contributed by atoms with Crippen LogP contribution in [0.15, 0.2) is 84.9 Å². The normalized spacial score (nSPS) is 10.2. The van der Waals surface area contributed by atoms with Crippen LogP contribution in [0.1, 0.15) is 10.4 Å². The Morgan fingerprint density at radius 3 is 1.77 bits per heavy atom. The van der Waals surface area contributed by atoms with Gasteiger partial charge in [0.05, 0.1) is 5.56 Å². The highest BCUT2D eigenvalue weighted by molar-refractivity contribution is 6.02. The summed E-state index contributed by atoms with van der Waals surface area (Å²) in [6, 6.07) is 24.8. The predicted molar refractivity (Wildman–Crippen MR) is 101 cm³/mol. The molecule has 0 saturated carbocycles. The van der Waals surface area contributed by atoms with Gasteiger partial charge in [-0.3, -0.25) is 9.69 Å². The Morgan fingerprint density at radius 1 is 0.769 bits per heavy atom. The molecule has 5 nitrogen and oxygen atoms in total. The Morgan fingerprint density at radius 2 is 1.27 bits per heavy atom. The number of amides is 1. The predicted octanol–water partition coefficient (Wildman–Crippen LogP) is 3.79. The van der Waals surface area contributed by atoms with E-state index in [1.165, 1.54) is 4.90 Å². The van der Waals surface area contributed by atoms with Crippen molar-refractivity contribution in [3.8, 4) is 0 Å². The Kier molecular flexibility index (Phi) is 5.29. The molecule has 0 heterocycles. The van der Waals surface area contributed by atoms with Crippen LogP contribution < -0.4 is 10.6 Å². The fraction of sp³-hybridized carbons (Fsp3) is 0.0476. The van der Waals surface area contributed by atoms with Crippen LogP contribution in [-0.4, -0.2) is 18.5 Å². The molecule has 0 fully saturated rings. The molecule has 0 aromatic heterocycles. The number of nitrogens with two attached hydrogens (primary N) is 1. The van der Waals surface area contributed by atoms with Crippen molar-refractivity contribution in [3.63, 3.8) is 0 Å². The van der Waals surface area contributed by atoms with Crippen LogP contribution in [-0.2, 0) is 9.53 Å². The highest BCUT2D eigenvalue weighted by Crippen LogP contribution is 2.25. The van der Waals surface area contributed by atoms with Gasteiger partial charge < -0.3 is 10.5 Å². The van der Waals surface area contributed by atoms with Crippen molar-refractivity contribution in [2.24, 2.45) is 0 Å². The van der Waals surface area contributed by atoms with Crippen molar-refractivity contribution in [1.29, 1.82) is 0 Å². The molecule has 0 atom stereocenters. The molecule has 0 aliphatic carbocycles. The minimum absolute atomic E-state index is 0.341. The van der Waals surface area contributed by atoms with Crippen LogP contribution in [0.3, 0.4) is 0 Å². The third-order valence-electron chi connectivity index (χ3n) is 3.75. The molecular weight excluding hydrogens is 328 g/mol. The highest BCUT2D eigenvalue weighted by atomic mass is 16.5. The third-order valence-corrected chi connectivity index (χ3v) is 3.75. The van der Waals surface area contributed by atoms with Gasteiger partial charge >= 0.3 is 5.97 Å². The maximum atomic E-state index is 12.8. The zero-order valence-electron chi connectivity index (χ0n) is 14.0. The van der Waals surface area contributed by atoms with E-state index in [0.29, 0.717) is 22.6 Å². The van der Waals surface area contributed by atoms with Gasteiger partial charge in [0.2, 0.25) is 0 Å². The first-order chi connectivity index (χ1) is 12.6. The summed E-state index contributed by atoms with van der Waals surface area (Å²) in [7, 11) is 0. The van der Waals surface area contributed by atoms with Gasteiger partial charge in [0.15, 0.2) is 6.61 Å². The fourth-order valence-electron chi connectivity index (χ4n) is 2.49. The monoisotopic (exact) mass is 346 g/mol. The van der Waals surface area contributed by atoms with Crippen molar-refractivity contribution >= 4 is 28.9 Å². The topological polar surface area (TPSA) is 72.6 Å². The number of ether oxygens (including phenoxy) is 1. The molecule has 3 aromatic rings. The molecule has 1 amide bonds. The summed E-state index contributed by atoms with van der Waals surface area (Å²) in [5.41, 5.74) is 7.91. The number of esters is 1. The standard InChI is InChI=1S/C21H18N2O3/c22-17-13-11-16(12-14-17)21(25)26-15-20(24)23(18-7-3-1-4-8-18)19-9-5-2-6-10-19/h1-14H,15,22H2. The molecule has 26 heavy (non-hydrogen) atoms. The first kappa shape index (κ1) is 17.2. The van der Waals surface area contributed by atoms with Crippen LogP contribution in [0.25, 0.3) is 0 Å². The Bertz CT molecular complexity index is 839. The lowest BCUT2D eigenvalue weighted by Crippen LogP contribution is -2.30. The number of nitrogen functional groups attached to an aromatic ring is 1. The average molecular weight is 346 g/mol. The number of rotatable bonds is 5. The molecule has 0 bridgehead atoms. The Labute approximate surface area is 151 Å². The fourth-order valence-corrected chi connectivity index (χ4v) is 2.49. The summed E-state index contributed by atoms with van der Waals surface area (Å²) >= 11 is 0. The van der Waals surface area contributed by atoms with Gasteiger partial charge in [-0.1, -0.05) is 36.4 Å². The number of para-hydroxylation sites is 2. The lowest BCUT2D eigenvalue weighted by atomic mass is 10.2. The van der Waals surface area contributed by atoms with E-state index >= 15 is 0 Å². The smallest absolute Gasteiger partial charge is 0.338 e. The van der Waals surface area contributed by atoms with Gasteiger partial charge in [-0.25, -0.2) is 4.79 Å². The molecule has 3 rings (SSSR count). The first-order valence-electron chi connectivity index (χ1n) is 8.11. The minimum Gasteiger partial charge on any atom is -0.452 e. The van der Waals surface area contributed by atoms with Gasteiger partial charge in [-0.15, -0.1) is 0 Å². The Balaban J connectivity index is 1.76. The van der Waals surface area contributed by atoms with Crippen molar-refractivity contribution in [1.82, 2.24) is 0 Å². The molecule has 0 spiro atoms. The van der Waals surface area contributed by atoms with Gasteiger partial charge in [0, 0.05) is 17.1 Å². The first-order valence-corrected chi connectivity index (χ1v) is 8.11. The summed E-state index contributed by atoms with van der Waals surface area (Å²) in [6.07, 6.45) is 0. The minimum atomic E-state index is -0.570. The second-order valence-corrected chi connectivity index (χ2v) is 5.60. The van der Waals surface area contributed by atoms with E-state index in [0.717, 1.165) is 0 Å². The SMILES string of the molecule is Nc1ccc(C(=O)OCC(=O)N(c2ccccc2)c2ccccc2)cc1. The summed E-state index contributed by atoms with van der Waals surface area (Å²) in [5, 5.41) is 0. The molecule has 3 aromatic carbocycles. The largest absolute Gasteiger partial charge is 0.452 e. The molecular formula is C21H18N2O3. The lowest BCUT2D eigenvalue weighted by Gasteiger charge is -2.22. The number of hydrogen-bond donors (Lipinski definition) is 1. The van der Waals surface area contributed by atoms with Crippen LogP contribution >= 0.6 is 0 Å². The number of carbonyl (C=O) groups is 2. The van der Waals surface area contributed by atoms with Crippen LogP contribution in [0.2, 0.25) is 0 Å². The van der Waals surface area contributed by atoms with Crippen LogP contribution in [0.5, 0.6) is 0 Å². The van der Waals surface area contributed by atoms with Crippen LogP contribution in [0, 0.1) is 0 Å². The maximum Gasteiger partial charge on any atom is 0.338 e. The van der Waals surface area contributed by atoms with E-state index in [-0.39, 0.29) is 12.5 Å².